The zero-order valence-corrected chi connectivity index (χ0v) is 13.7. The number of rotatable bonds is 4. The van der Waals surface area contributed by atoms with Gasteiger partial charge in [0.05, 0.1) is 6.20 Å². The molecule has 0 fully saturated rings. The number of hydrogen-bond acceptors (Lipinski definition) is 4. The van der Waals surface area contributed by atoms with Gasteiger partial charge in [-0.2, -0.15) is 5.10 Å². The van der Waals surface area contributed by atoms with E-state index in [4.69, 9.17) is 0 Å². The molecule has 1 aromatic carbocycles. The predicted molar refractivity (Wildman–Crippen MR) is 83.6 cm³/mol. The van der Waals surface area contributed by atoms with Crippen LogP contribution in [0, 0.1) is 11.6 Å². The molecule has 0 aliphatic heterocycles. The Bertz CT molecular complexity index is 1020. The van der Waals surface area contributed by atoms with Crippen LogP contribution in [-0.4, -0.2) is 23.2 Å². The van der Waals surface area contributed by atoms with E-state index in [0.29, 0.717) is 11.0 Å². The largest absolute Gasteiger partial charge is 0.250 e. The first-order valence-corrected chi connectivity index (χ1v) is 8.52. The van der Waals surface area contributed by atoms with Gasteiger partial charge in [0.25, 0.3) is 0 Å². The van der Waals surface area contributed by atoms with Gasteiger partial charge in [-0.05, 0) is 19.1 Å². The Morgan fingerprint density at radius 3 is 2.75 bits per heavy atom. The van der Waals surface area contributed by atoms with Crippen molar-refractivity contribution in [3.63, 3.8) is 0 Å². The number of aromatic nitrogens is 3. The van der Waals surface area contributed by atoms with E-state index in [1.165, 1.54) is 42.2 Å². The first-order chi connectivity index (χ1) is 11.3. The van der Waals surface area contributed by atoms with Crippen molar-refractivity contribution in [1.29, 1.82) is 0 Å². The molecule has 9 heteroatoms. The number of benzene rings is 1. The summed E-state index contributed by atoms with van der Waals surface area (Å²) in [4.78, 5) is 3.99. The normalized spacial score (nSPS) is 13.3. The molecule has 0 amide bonds. The van der Waals surface area contributed by atoms with Gasteiger partial charge in [-0.1, -0.05) is 12.1 Å². The van der Waals surface area contributed by atoms with Crippen molar-refractivity contribution in [2.45, 2.75) is 17.9 Å². The third kappa shape index (κ3) is 2.87. The summed E-state index contributed by atoms with van der Waals surface area (Å²) in [6, 6.07) is 4.10. The van der Waals surface area contributed by atoms with Crippen LogP contribution in [0.5, 0.6) is 0 Å². The minimum Gasteiger partial charge on any atom is -0.250 e. The van der Waals surface area contributed by atoms with E-state index < -0.39 is 27.7 Å². The van der Waals surface area contributed by atoms with Gasteiger partial charge in [0, 0.05) is 30.2 Å². The molecule has 0 aliphatic carbocycles. The van der Waals surface area contributed by atoms with Crippen LogP contribution in [0.2, 0.25) is 0 Å². The SMILES string of the molecule is CC(NS(=O)(=O)c1cnc2c(cnn2C)c1)c1cccc(F)c1F. The second-order valence-corrected chi connectivity index (χ2v) is 7.05. The van der Waals surface area contributed by atoms with Gasteiger partial charge in [-0.25, -0.2) is 26.9 Å². The monoisotopic (exact) mass is 352 g/mol. The average Bonchev–Trinajstić information content (AvgIpc) is 2.90. The maximum Gasteiger partial charge on any atom is 0.242 e. The molecule has 1 N–H and O–H groups in total. The molecule has 1 atom stereocenters. The van der Waals surface area contributed by atoms with Crippen LogP contribution in [-0.2, 0) is 17.1 Å². The lowest BCUT2D eigenvalue weighted by Gasteiger charge is -2.15. The van der Waals surface area contributed by atoms with Crippen molar-refractivity contribution in [1.82, 2.24) is 19.5 Å². The zero-order chi connectivity index (χ0) is 17.5. The van der Waals surface area contributed by atoms with Gasteiger partial charge in [0.15, 0.2) is 17.3 Å². The number of pyridine rings is 1. The van der Waals surface area contributed by atoms with Crippen LogP contribution in [0.4, 0.5) is 8.78 Å². The summed E-state index contributed by atoms with van der Waals surface area (Å²) < 4.78 is 55.9. The fraction of sp³-hybridized carbons (Fsp3) is 0.200. The molecule has 3 rings (SSSR count). The molecule has 0 bridgehead atoms. The van der Waals surface area contributed by atoms with Crippen molar-refractivity contribution < 1.29 is 17.2 Å². The molecule has 0 aliphatic rings. The van der Waals surface area contributed by atoms with E-state index in [0.717, 1.165) is 6.07 Å². The van der Waals surface area contributed by atoms with E-state index in [1.54, 1.807) is 7.05 Å². The molecule has 24 heavy (non-hydrogen) atoms. The molecule has 2 aromatic heterocycles. The van der Waals surface area contributed by atoms with Crippen LogP contribution in [0.3, 0.4) is 0 Å². The molecule has 3 aromatic rings. The first kappa shape index (κ1) is 16.5. The zero-order valence-electron chi connectivity index (χ0n) is 12.9. The van der Waals surface area contributed by atoms with Crippen LogP contribution in [0.25, 0.3) is 11.0 Å². The Morgan fingerprint density at radius 1 is 1.25 bits per heavy atom. The second-order valence-electron chi connectivity index (χ2n) is 5.34. The Kier molecular flexibility index (Phi) is 4.06. The molecular formula is C15H14F2N4O2S. The molecule has 0 spiro atoms. The molecular weight excluding hydrogens is 338 g/mol. The van der Waals surface area contributed by atoms with Crippen molar-refractivity contribution in [2.75, 3.05) is 0 Å². The van der Waals surface area contributed by atoms with Crippen LogP contribution in [0.1, 0.15) is 18.5 Å². The number of sulfonamides is 1. The Balaban J connectivity index is 1.93. The smallest absolute Gasteiger partial charge is 0.242 e. The van der Waals surface area contributed by atoms with Crippen molar-refractivity contribution >= 4 is 21.1 Å². The number of nitrogens with one attached hydrogen (secondary N) is 1. The highest BCUT2D eigenvalue weighted by molar-refractivity contribution is 7.89. The van der Waals surface area contributed by atoms with E-state index >= 15 is 0 Å². The number of aryl methyl sites for hydroxylation is 1. The van der Waals surface area contributed by atoms with Gasteiger partial charge in [0.2, 0.25) is 10.0 Å². The fourth-order valence-corrected chi connectivity index (χ4v) is 3.59. The summed E-state index contributed by atoms with van der Waals surface area (Å²) in [6.45, 7) is 1.44. The molecule has 2 heterocycles. The van der Waals surface area contributed by atoms with Crippen molar-refractivity contribution in [3.05, 3.63) is 53.9 Å². The Morgan fingerprint density at radius 2 is 2.00 bits per heavy atom. The van der Waals surface area contributed by atoms with Gasteiger partial charge >= 0.3 is 0 Å². The lowest BCUT2D eigenvalue weighted by molar-refractivity contribution is 0.485. The topological polar surface area (TPSA) is 76.9 Å². The Labute approximate surface area is 137 Å². The van der Waals surface area contributed by atoms with Crippen LogP contribution >= 0.6 is 0 Å². The minimum absolute atomic E-state index is 0.0750. The molecule has 126 valence electrons. The number of halogens is 2. The highest BCUT2D eigenvalue weighted by Gasteiger charge is 2.22. The Hall–Kier alpha value is -2.39. The molecule has 0 saturated heterocycles. The minimum atomic E-state index is -3.96. The maximum absolute atomic E-state index is 13.8. The van der Waals surface area contributed by atoms with E-state index in [9.17, 15) is 17.2 Å². The summed E-state index contributed by atoms with van der Waals surface area (Å²) in [6.07, 6.45) is 2.69. The summed E-state index contributed by atoms with van der Waals surface area (Å²) in [5.41, 5.74) is 0.465. The molecule has 1 unspecified atom stereocenters. The standard InChI is InChI=1S/C15H14F2N4O2S/c1-9(12-4-3-5-13(16)14(12)17)20-24(22,23)11-6-10-7-19-21(2)15(10)18-8-11/h3-9,20H,1-2H3. The van der Waals surface area contributed by atoms with Gasteiger partial charge in [0.1, 0.15) is 4.90 Å². The molecule has 0 radical (unpaired) electrons. The summed E-state index contributed by atoms with van der Waals surface area (Å²) in [7, 11) is -2.27. The summed E-state index contributed by atoms with van der Waals surface area (Å²) in [5.74, 6) is -2.11. The quantitative estimate of drug-likeness (QED) is 0.782. The molecule has 6 nitrogen and oxygen atoms in total. The summed E-state index contributed by atoms with van der Waals surface area (Å²) >= 11 is 0. The predicted octanol–water partition coefficient (Wildman–Crippen LogP) is 2.29. The van der Waals surface area contributed by atoms with Gasteiger partial charge in [-0.15, -0.1) is 0 Å². The number of nitrogens with zero attached hydrogens (tertiary/aromatic N) is 3. The summed E-state index contributed by atoms with van der Waals surface area (Å²) in [5, 5.41) is 4.56. The van der Waals surface area contributed by atoms with E-state index in [-0.39, 0.29) is 10.5 Å². The second kappa shape index (κ2) is 5.91. The number of fused-ring (bicyclic) bond motifs is 1. The van der Waals surface area contributed by atoms with Crippen molar-refractivity contribution in [2.24, 2.45) is 7.05 Å². The lowest BCUT2D eigenvalue weighted by Crippen LogP contribution is -2.27. The van der Waals surface area contributed by atoms with Crippen LogP contribution in [0.15, 0.2) is 41.6 Å². The fourth-order valence-electron chi connectivity index (χ4n) is 2.39. The van der Waals surface area contributed by atoms with E-state index in [1.807, 2.05) is 0 Å². The third-order valence-corrected chi connectivity index (χ3v) is 5.14. The molecule has 0 saturated carbocycles. The maximum atomic E-state index is 13.8. The highest BCUT2D eigenvalue weighted by atomic mass is 32.2. The average molecular weight is 352 g/mol. The third-order valence-electron chi connectivity index (χ3n) is 3.64. The lowest BCUT2D eigenvalue weighted by atomic mass is 10.1. The van der Waals surface area contributed by atoms with Crippen LogP contribution < -0.4 is 4.72 Å². The van der Waals surface area contributed by atoms with Gasteiger partial charge < -0.3 is 0 Å². The van der Waals surface area contributed by atoms with Gasteiger partial charge in [-0.3, -0.25) is 4.68 Å². The highest BCUT2D eigenvalue weighted by Crippen LogP contribution is 2.22. The number of hydrogen-bond donors (Lipinski definition) is 1. The first-order valence-electron chi connectivity index (χ1n) is 7.03. The van der Waals surface area contributed by atoms with E-state index in [2.05, 4.69) is 14.8 Å². The van der Waals surface area contributed by atoms with Crippen molar-refractivity contribution in [3.8, 4) is 0 Å².